The van der Waals surface area contributed by atoms with Crippen LogP contribution in [0.4, 0.5) is 0 Å². The Hall–Kier alpha value is -1.35. The summed E-state index contributed by atoms with van der Waals surface area (Å²) in [4.78, 5) is 14.3. The first-order chi connectivity index (χ1) is 9.70. The van der Waals surface area contributed by atoms with Crippen molar-refractivity contribution in [3.8, 4) is 0 Å². The second-order valence-electron chi connectivity index (χ2n) is 5.79. The van der Waals surface area contributed by atoms with Crippen LogP contribution in [0.25, 0.3) is 0 Å². The predicted molar refractivity (Wildman–Crippen MR) is 82.5 cm³/mol. The second-order valence-corrected chi connectivity index (χ2v) is 5.79. The maximum atomic E-state index is 12.2. The van der Waals surface area contributed by atoms with Crippen molar-refractivity contribution in [2.45, 2.75) is 39.2 Å². The maximum absolute atomic E-state index is 12.2. The van der Waals surface area contributed by atoms with Gasteiger partial charge in [-0.25, -0.2) is 0 Å². The van der Waals surface area contributed by atoms with Crippen molar-refractivity contribution in [1.82, 2.24) is 10.2 Å². The number of hydrogen-bond donors (Lipinski definition) is 1. The summed E-state index contributed by atoms with van der Waals surface area (Å²) >= 11 is 0. The van der Waals surface area contributed by atoms with Gasteiger partial charge in [0.2, 0.25) is 5.91 Å². The Morgan fingerprint density at radius 3 is 2.75 bits per heavy atom. The molecule has 1 amide bonds. The van der Waals surface area contributed by atoms with Gasteiger partial charge in [-0.2, -0.15) is 0 Å². The third-order valence-corrected chi connectivity index (χ3v) is 4.15. The van der Waals surface area contributed by atoms with Crippen LogP contribution in [0.3, 0.4) is 0 Å². The summed E-state index contributed by atoms with van der Waals surface area (Å²) < 4.78 is 0. The molecule has 1 fully saturated rings. The first kappa shape index (κ1) is 15.0. The van der Waals surface area contributed by atoms with E-state index in [2.05, 4.69) is 43.4 Å². The number of nitrogens with one attached hydrogen (secondary N) is 1. The Morgan fingerprint density at radius 2 is 2.05 bits per heavy atom. The summed E-state index contributed by atoms with van der Waals surface area (Å²) in [6.07, 6.45) is 2.86. The van der Waals surface area contributed by atoms with Crippen LogP contribution in [-0.2, 0) is 4.79 Å². The number of likely N-dealkylation sites (N-methyl/N-ethyl adjacent to an activating group) is 1. The average Bonchev–Trinajstić information content (AvgIpc) is 2.63. The van der Waals surface area contributed by atoms with Crippen LogP contribution >= 0.6 is 0 Å². The Balaban J connectivity index is 2.05. The van der Waals surface area contributed by atoms with Gasteiger partial charge in [0, 0.05) is 25.6 Å². The smallest absolute Gasteiger partial charge is 0.222 e. The van der Waals surface area contributed by atoms with Gasteiger partial charge in [0.1, 0.15) is 0 Å². The molecule has 0 aliphatic carbocycles. The summed E-state index contributed by atoms with van der Waals surface area (Å²) in [5.41, 5.74) is 1.26. The molecule has 2 atom stereocenters. The number of hydrogen-bond acceptors (Lipinski definition) is 2. The van der Waals surface area contributed by atoms with Crippen LogP contribution < -0.4 is 5.32 Å². The van der Waals surface area contributed by atoms with E-state index in [0.29, 0.717) is 18.2 Å². The molecule has 3 nitrogen and oxygen atoms in total. The van der Waals surface area contributed by atoms with Crippen LogP contribution in [0.2, 0.25) is 0 Å². The van der Waals surface area contributed by atoms with Crippen LogP contribution in [0, 0.1) is 5.92 Å². The molecule has 0 spiro atoms. The number of benzene rings is 1. The third kappa shape index (κ3) is 4.07. The Morgan fingerprint density at radius 1 is 1.30 bits per heavy atom. The number of likely N-dealkylation sites (tertiary alicyclic amines) is 1. The van der Waals surface area contributed by atoms with E-state index in [1.54, 1.807) is 0 Å². The monoisotopic (exact) mass is 274 g/mol. The molecular formula is C17H26N2O. The highest BCUT2D eigenvalue weighted by molar-refractivity contribution is 5.76. The molecule has 2 rings (SSSR count). The molecule has 0 aromatic heterocycles. The van der Waals surface area contributed by atoms with Gasteiger partial charge >= 0.3 is 0 Å². The molecule has 20 heavy (non-hydrogen) atoms. The van der Waals surface area contributed by atoms with Crippen molar-refractivity contribution < 1.29 is 4.79 Å². The number of rotatable bonds is 5. The van der Waals surface area contributed by atoms with Gasteiger partial charge in [0.25, 0.3) is 0 Å². The maximum Gasteiger partial charge on any atom is 0.222 e. The highest BCUT2D eigenvalue weighted by Gasteiger charge is 2.23. The molecule has 3 heteroatoms. The number of amides is 1. The Labute approximate surface area is 122 Å². The lowest BCUT2D eigenvalue weighted by Crippen LogP contribution is -2.38. The van der Waals surface area contributed by atoms with E-state index < -0.39 is 0 Å². The van der Waals surface area contributed by atoms with Gasteiger partial charge in [-0.05, 0) is 30.9 Å². The summed E-state index contributed by atoms with van der Waals surface area (Å²) in [6.45, 7) is 6.95. The second kappa shape index (κ2) is 7.44. The van der Waals surface area contributed by atoms with E-state index in [-0.39, 0.29) is 6.04 Å². The first-order valence-electron chi connectivity index (χ1n) is 7.76. The van der Waals surface area contributed by atoms with Gasteiger partial charge in [0.05, 0.1) is 0 Å². The van der Waals surface area contributed by atoms with Crippen molar-refractivity contribution in [1.29, 1.82) is 0 Å². The standard InChI is InChI=1S/C17H26N2O/c1-3-18-16(15-7-5-4-6-8-15)13-19-12-11-14(2)9-10-17(19)20/h4-8,14,16,18H,3,9-13H2,1-2H3. The van der Waals surface area contributed by atoms with Crippen molar-refractivity contribution in [3.05, 3.63) is 35.9 Å². The molecule has 0 saturated carbocycles. The molecule has 1 aromatic rings. The van der Waals surface area contributed by atoms with Crippen LogP contribution in [0.1, 0.15) is 44.7 Å². The lowest BCUT2D eigenvalue weighted by atomic mass is 10.0. The zero-order chi connectivity index (χ0) is 14.4. The minimum Gasteiger partial charge on any atom is -0.341 e. The topological polar surface area (TPSA) is 32.3 Å². The Kier molecular flexibility index (Phi) is 5.60. The third-order valence-electron chi connectivity index (χ3n) is 4.15. The average molecular weight is 274 g/mol. The highest BCUT2D eigenvalue weighted by atomic mass is 16.2. The first-order valence-corrected chi connectivity index (χ1v) is 7.76. The van der Waals surface area contributed by atoms with Crippen LogP contribution in [0.5, 0.6) is 0 Å². The molecule has 1 aliphatic heterocycles. The van der Waals surface area contributed by atoms with Crippen molar-refractivity contribution in [2.24, 2.45) is 5.92 Å². The van der Waals surface area contributed by atoms with Gasteiger partial charge in [-0.3, -0.25) is 4.79 Å². The zero-order valence-corrected chi connectivity index (χ0v) is 12.6. The van der Waals surface area contributed by atoms with E-state index in [9.17, 15) is 4.79 Å². The van der Waals surface area contributed by atoms with E-state index in [1.807, 2.05) is 11.0 Å². The summed E-state index contributed by atoms with van der Waals surface area (Å²) in [7, 11) is 0. The van der Waals surface area contributed by atoms with Gasteiger partial charge in [0.15, 0.2) is 0 Å². The highest BCUT2D eigenvalue weighted by Crippen LogP contribution is 2.21. The molecule has 2 unspecified atom stereocenters. The van der Waals surface area contributed by atoms with E-state index in [0.717, 1.165) is 32.5 Å². The fraction of sp³-hybridized carbons (Fsp3) is 0.588. The fourth-order valence-electron chi connectivity index (χ4n) is 2.81. The largest absolute Gasteiger partial charge is 0.341 e. The molecule has 1 aromatic carbocycles. The zero-order valence-electron chi connectivity index (χ0n) is 12.6. The van der Waals surface area contributed by atoms with E-state index >= 15 is 0 Å². The molecule has 1 aliphatic rings. The molecule has 1 heterocycles. The molecule has 0 bridgehead atoms. The number of nitrogens with zero attached hydrogens (tertiary/aromatic N) is 1. The van der Waals surface area contributed by atoms with Crippen molar-refractivity contribution in [2.75, 3.05) is 19.6 Å². The molecule has 110 valence electrons. The quantitative estimate of drug-likeness (QED) is 0.895. The van der Waals surface area contributed by atoms with Gasteiger partial charge in [-0.1, -0.05) is 44.2 Å². The van der Waals surface area contributed by atoms with Gasteiger partial charge in [-0.15, -0.1) is 0 Å². The minimum atomic E-state index is 0.235. The molecule has 1 saturated heterocycles. The number of carbonyl (C=O) groups is 1. The Bertz CT molecular complexity index is 418. The van der Waals surface area contributed by atoms with Crippen LogP contribution in [0.15, 0.2) is 30.3 Å². The van der Waals surface area contributed by atoms with Gasteiger partial charge < -0.3 is 10.2 Å². The summed E-state index contributed by atoms with van der Waals surface area (Å²) in [6, 6.07) is 10.7. The molecule has 1 N–H and O–H groups in total. The SMILES string of the molecule is CCNC(CN1CCC(C)CCC1=O)c1ccccc1. The predicted octanol–water partition coefficient (Wildman–Crippen LogP) is 2.99. The molecule has 0 radical (unpaired) electrons. The fourth-order valence-corrected chi connectivity index (χ4v) is 2.81. The molecular weight excluding hydrogens is 248 g/mol. The van der Waals surface area contributed by atoms with Crippen molar-refractivity contribution >= 4 is 5.91 Å². The lowest BCUT2D eigenvalue weighted by Gasteiger charge is -2.27. The summed E-state index contributed by atoms with van der Waals surface area (Å²) in [5, 5.41) is 3.50. The normalized spacial score (nSPS) is 21.6. The van der Waals surface area contributed by atoms with Crippen LogP contribution in [-0.4, -0.2) is 30.4 Å². The summed E-state index contributed by atoms with van der Waals surface area (Å²) in [5.74, 6) is 0.978. The van der Waals surface area contributed by atoms with Crippen molar-refractivity contribution in [3.63, 3.8) is 0 Å². The lowest BCUT2D eigenvalue weighted by molar-refractivity contribution is -0.131. The number of carbonyl (C=O) groups excluding carboxylic acids is 1. The minimum absolute atomic E-state index is 0.235. The van der Waals surface area contributed by atoms with E-state index in [1.165, 1.54) is 5.56 Å². The van der Waals surface area contributed by atoms with E-state index in [4.69, 9.17) is 0 Å².